The van der Waals surface area contributed by atoms with Crippen molar-refractivity contribution < 1.29 is 17.5 Å². The number of hydrogen-bond donors (Lipinski definition) is 1. The van der Waals surface area contributed by atoms with Crippen molar-refractivity contribution in [3.8, 4) is 11.5 Å². The number of ether oxygens (including phenoxy) is 1. The molecule has 0 aliphatic rings. The highest BCUT2D eigenvalue weighted by Crippen LogP contribution is 2.35. The lowest BCUT2D eigenvalue weighted by atomic mass is 10.3. The monoisotopic (exact) mass is 315 g/mol. The molecule has 0 radical (unpaired) electrons. The number of benzene rings is 2. The Morgan fingerprint density at radius 2 is 1.90 bits per heavy atom. The van der Waals surface area contributed by atoms with Crippen molar-refractivity contribution in [2.45, 2.75) is 4.90 Å². The zero-order valence-corrected chi connectivity index (χ0v) is 12.0. The maximum atomic E-state index is 12.9. The molecule has 2 rings (SSSR count). The van der Waals surface area contributed by atoms with Crippen molar-refractivity contribution in [2.75, 3.05) is 12.0 Å². The molecule has 0 unspecified atom stereocenters. The smallest absolute Gasteiger partial charge is 0.177 e. The van der Waals surface area contributed by atoms with Gasteiger partial charge in [-0.1, -0.05) is 17.7 Å². The van der Waals surface area contributed by atoms with Gasteiger partial charge in [-0.15, -0.1) is 0 Å². The van der Waals surface area contributed by atoms with E-state index in [-0.39, 0.29) is 27.1 Å². The fraction of sp³-hybridized carbons (Fsp3) is 0.0769. The summed E-state index contributed by atoms with van der Waals surface area (Å²) < 4.78 is 41.5. The van der Waals surface area contributed by atoms with Gasteiger partial charge in [0.05, 0.1) is 15.6 Å². The van der Waals surface area contributed by atoms with Crippen molar-refractivity contribution >= 4 is 27.1 Å². The molecule has 106 valence electrons. The molecule has 4 nitrogen and oxygen atoms in total. The molecule has 0 bridgehead atoms. The van der Waals surface area contributed by atoms with Crippen molar-refractivity contribution in [1.82, 2.24) is 0 Å². The molecular weight excluding hydrogens is 305 g/mol. The van der Waals surface area contributed by atoms with Crippen LogP contribution < -0.4 is 10.5 Å². The van der Waals surface area contributed by atoms with Crippen LogP contribution >= 0.6 is 11.6 Å². The lowest BCUT2D eigenvalue weighted by molar-refractivity contribution is 0.481. The minimum Gasteiger partial charge on any atom is -0.454 e. The fourth-order valence-corrected chi connectivity index (χ4v) is 2.64. The summed E-state index contributed by atoms with van der Waals surface area (Å²) in [4.78, 5) is -0.0340. The van der Waals surface area contributed by atoms with Gasteiger partial charge in [-0.25, -0.2) is 12.8 Å². The Labute approximate surface area is 120 Å². The number of nitrogens with two attached hydrogens (primary N) is 1. The van der Waals surface area contributed by atoms with Crippen LogP contribution in [0.5, 0.6) is 11.5 Å². The molecule has 0 aliphatic heterocycles. The molecule has 0 aliphatic carbocycles. The summed E-state index contributed by atoms with van der Waals surface area (Å²) in [5.74, 6) is -0.174. The molecule has 0 aromatic heterocycles. The molecule has 0 spiro atoms. The van der Waals surface area contributed by atoms with E-state index in [1.54, 1.807) is 0 Å². The summed E-state index contributed by atoms with van der Waals surface area (Å²) in [5, 5.41) is 0.0640. The number of rotatable bonds is 3. The average molecular weight is 316 g/mol. The van der Waals surface area contributed by atoms with Gasteiger partial charge in [0, 0.05) is 6.26 Å². The molecule has 0 heterocycles. The van der Waals surface area contributed by atoms with Crippen molar-refractivity contribution in [2.24, 2.45) is 0 Å². The first-order chi connectivity index (χ1) is 9.29. The fourth-order valence-electron chi connectivity index (χ4n) is 1.61. The summed E-state index contributed by atoms with van der Waals surface area (Å²) in [5.41, 5.74) is 5.76. The topological polar surface area (TPSA) is 69.4 Å². The van der Waals surface area contributed by atoms with Crippen LogP contribution in [0.4, 0.5) is 10.1 Å². The SMILES string of the molecule is CS(=O)(=O)c1cccc(Oc2ccc(F)cc2Cl)c1N. The average Bonchev–Trinajstić information content (AvgIpc) is 2.33. The van der Waals surface area contributed by atoms with E-state index >= 15 is 0 Å². The van der Waals surface area contributed by atoms with Crippen LogP contribution in [0.15, 0.2) is 41.3 Å². The van der Waals surface area contributed by atoms with Crippen molar-refractivity contribution in [1.29, 1.82) is 0 Å². The van der Waals surface area contributed by atoms with Gasteiger partial charge in [0.1, 0.15) is 11.6 Å². The molecule has 20 heavy (non-hydrogen) atoms. The predicted molar refractivity (Wildman–Crippen MR) is 75.4 cm³/mol. The van der Waals surface area contributed by atoms with Crippen LogP contribution in [0.25, 0.3) is 0 Å². The third-order valence-electron chi connectivity index (χ3n) is 2.54. The van der Waals surface area contributed by atoms with E-state index in [1.807, 2.05) is 0 Å². The highest BCUT2D eigenvalue weighted by molar-refractivity contribution is 7.90. The predicted octanol–water partition coefficient (Wildman–Crippen LogP) is 3.26. The number of nitrogen functional groups attached to an aromatic ring is 1. The van der Waals surface area contributed by atoms with E-state index in [0.29, 0.717) is 0 Å². The Morgan fingerprint density at radius 1 is 1.20 bits per heavy atom. The van der Waals surface area contributed by atoms with Gasteiger partial charge in [-0.3, -0.25) is 0 Å². The lowest BCUT2D eigenvalue weighted by Gasteiger charge is -2.12. The zero-order chi connectivity index (χ0) is 14.9. The van der Waals surface area contributed by atoms with E-state index < -0.39 is 15.7 Å². The molecule has 2 aromatic carbocycles. The summed E-state index contributed by atoms with van der Waals surface area (Å²) in [6.07, 6.45) is 1.05. The van der Waals surface area contributed by atoms with E-state index in [2.05, 4.69) is 0 Å². The summed E-state index contributed by atoms with van der Waals surface area (Å²) >= 11 is 5.84. The number of sulfone groups is 1. The Kier molecular flexibility index (Phi) is 3.87. The zero-order valence-electron chi connectivity index (χ0n) is 10.4. The van der Waals surface area contributed by atoms with Gasteiger partial charge in [0.15, 0.2) is 15.6 Å². The van der Waals surface area contributed by atoms with E-state index in [1.165, 1.54) is 30.3 Å². The molecule has 0 atom stereocenters. The second-order valence-electron chi connectivity index (χ2n) is 4.12. The summed E-state index contributed by atoms with van der Waals surface area (Å²) in [6.45, 7) is 0. The van der Waals surface area contributed by atoms with Gasteiger partial charge < -0.3 is 10.5 Å². The van der Waals surface area contributed by atoms with Crippen LogP contribution in [-0.2, 0) is 9.84 Å². The number of halogens is 2. The first-order valence-corrected chi connectivity index (χ1v) is 7.77. The Hall–Kier alpha value is -1.79. The minimum absolute atomic E-state index is 0.0182. The standard InChI is InChI=1S/C13H11ClFNO3S/c1-20(17,18)12-4-2-3-11(13(12)16)19-10-6-5-8(15)7-9(10)14/h2-7H,16H2,1H3. The Bertz CT molecular complexity index is 762. The van der Waals surface area contributed by atoms with Crippen LogP contribution in [0, 0.1) is 5.82 Å². The second kappa shape index (κ2) is 5.30. The second-order valence-corrected chi connectivity index (χ2v) is 6.51. The van der Waals surface area contributed by atoms with Gasteiger partial charge >= 0.3 is 0 Å². The maximum Gasteiger partial charge on any atom is 0.177 e. The van der Waals surface area contributed by atoms with Crippen LogP contribution in [0.3, 0.4) is 0 Å². The molecule has 2 aromatic rings. The summed E-state index contributed by atoms with van der Waals surface area (Å²) in [6, 6.07) is 7.99. The molecule has 7 heteroatoms. The van der Waals surface area contributed by atoms with Crippen molar-refractivity contribution in [3.63, 3.8) is 0 Å². The normalized spacial score (nSPS) is 11.3. The van der Waals surface area contributed by atoms with Crippen LogP contribution in [0.1, 0.15) is 0 Å². The van der Waals surface area contributed by atoms with Gasteiger partial charge in [0.2, 0.25) is 0 Å². The first kappa shape index (κ1) is 14.6. The number of para-hydroxylation sites is 1. The van der Waals surface area contributed by atoms with Crippen LogP contribution in [-0.4, -0.2) is 14.7 Å². The lowest BCUT2D eigenvalue weighted by Crippen LogP contribution is -2.03. The molecule has 0 amide bonds. The Morgan fingerprint density at radius 3 is 2.50 bits per heavy atom. The molecule has 0 saturated carbocycles. The molecule has 0 saturated heterocycles. The van der Waals surface area contributed by atoms with Gasteiger partial charge in [-0.05, 0) is 30.3 Å². The van der Waals surface area contributed by atoms with E-state index in [9.17, 15) is 12.8 Å². The van der Waals surface area contributed by atoms with Gasteiger partial charge in [-0.2, -0.15) is 0 Å². The molecule has 0 fully saturated rings. The van der Waals surface area contributed by atoms with E-state index in [0.717, 1.165) is 12.3 Å². The maximum absolute atomic E-state index is 12.9. The third-order valence-corrected chi connectivity index (χ3v) is 3.99. The number of anilines is 1. The first-order valence-electron chi connectivity index (χ1n) is 5.50. The highest BCUT2D eigenvalue weighted by atomic mass is 35.5. The van der Waals surface area contributed by atoms with Gasteiger partial charge in [0.25, 0.3) is 0 Å². The third kappa shape index (κ3) is 3.02. The molecular formula is C13H11ClFNO3S. The molecule has 2 N–H and O–H groups in total. The summed E-state index contributed by atoms with van der Waals surface area (Å²) in [7, 11) is -3.46. The van der Waals surface area contributed by atoms with Crippen LogP contribution in [0.2, 0.25) is 5.02 Å². The quantitative estimate of drug-likeness (QED) is 0.883. The minimum atomic E-state index is -3.46. The Balaban J connectivity index is 2.45. The highest BCUT2D eigenvalue weighted by Gasteiger charge is 2.16. The largest absolute Gasteiger partial charge is 0.454 e. The van der Waals surface area contributed by atoms with E-state index in [4.69, 9.17) is 22.1 Å². The van der Waals surface area contributed by atoms with Crippen molar-refractivity contribution in [3.05, 3.63) is 47.2 Å². The number of hydrogen-bond acceptors (Lipinski definition) is 4.